The van der Waals surface area contributed by atoms with Crippen LogP contribution in [0.2, 0.25) is 5.82 Å². The SMILES string of the molecule is CC(C)B1OCCCO1. The summed E-state index contributed by atoms with van der Waals surface area (Å²) in [4.78, 5) is 0. The van der Waals surface area contributed by atoms with E-state index in [-0.39, 0.29) is 7.12 Å². The minimum Gasteiger partial charge on any atom is -0.411 e. The van der Waals surface area contributed by atoms with Crippen LogP contribution >= 0.6 is 0 Å². The summed E-state index contributed by atoms with van der Waals surface area (Å²) in [5.41, 5.74) is 0. The lowest BCUT2D eigenvalue weighted by Crippen LogP contribution is -2.31. The molecule has 1 aliphatic heterocycles. The van der Waals surface area contributed by atoms with Gasteiger partial charge >= 0.3 is 7.12 Å². The Labute approximate surface area is 56.7 Å². The van der Waals surface area contributed by atoms with E-state index in [1.165, 1.54) is 0 Å². The maximum Gasteiger partial charge on any atom is 0.459 e. The van der Waals surface area contributed by atoms with Crippen molar-refractivity contribution in [2.24, 2.45) is 0 Å². The summed E-state index contributed by atoms with van der Waals surface area (Å²) in [5, 5.41) is 0. The molecule has 1 fully saturated rings. The van der Waals surface area contributed by atoms with Crippen molar-refractivity contribution < 1.29 is 9.31 Å². The highest BCUT2D eigenvalue weighted by Gasteiger charge is 2.24. The van der Waals surface area contributed by atoms with E-state index in [2.05, 4.69) is 13.8 Å². The first-order chi connectivity index (χ1) is 4.30. The lowest BCUT2D eigenvalue weighted by Gasteiger charge is -2.21. The summed E-state index contributed by atoms with van der Waals surface area (Å²) in [5.74, 6) is 0.491. The third kappa shape index (κ3) is 1.99. The van der Waals surface area contributed by atoms with E-state index < -0.39 is 0 Å². The summed E-state index contributed by atoms with van der Waals surface area (Å²) in [6.45, 7) is 5.94. The van der Waals surface area contributed by atoms with E-state index in [1.807, 2.05) is 0 Å². The highest BCUT2D eigenvalue weighted by molar-refractivity contribution is 6.46. The average Bonchev–Trinajstić information content (AvgIpc) is 1.90. The van der Waals surface area contributed by atoms with Crippen molar-refractivity contribution in [3.05, 3.63) is 0 Å². The van der Waals surface area contributed by atoms with Crippen LogP contribution < -0.4 is 0 Å². The Morgan fingerprint density at radius 3 is 2.11 bits per heavy atom. The van der Waals surface area contributed by atoms with Gasteiger partial charge in [-0.1, -0.05) is 13.8 Å². The molecule has 2 nitrogen and oxygen atoms in total. The molecular weight excluding hydrogens is 115 g/mol. The average molecular weight is 128 g/mol. The van der Waals surface area contributed by atoms with E-state index in [0.29, 0.717) is 5.82 Å². The predicted octanol–water partition coefficient (Wildman–Crippen LogP) is 1.32. The Bertz CT molecular complexity index is 79.1. The maximum absolute atomic E-state index is 5.32. The first-order valence-electron chi connectivity index (χ1n) is 3.54. The van der Waals surface area contributed by atoms with Gasteiger partial charge in [-0.2, -0.15) is 0 Å². The van der Waals surface area contributed by atoms with Crippen molar-refractivity contribution in [3.63, 3.8) is 0 Å². The van der Waals surface area contributed by atoms with Crippen LogP contribution in [-0.2, 0) is 9.31 Å². The minimum absolute atomic E-state index is 0.0544. The molecule has 0 N–H and O–H groups in total. The second-order valence-electron chi connectivity index (χ2n) is 2.71. The highest BCUT2D eigenvalue weighted by atomic mass is 16.6. The fraction of sp³-hybridized carbons (Fsp3) is 1.00. The predicted molar refractivity (Wildman–Crippen MR) is 37.4 cm³/mol. The smallest absolute Gasteiger partial charge is 0.411 e. The molecule has 0 radical (unpaired) electrons. The van der Waals surface area contributed by atoms with E-state index >= 15 is 0 Å². The Kier molecular flexibility index (Phi) is 2.55. The Hall–Kier alpha value is -0.0151. The van der Waals surface area contributed by atoms with Crippen LogP contribution in [-0.4, -0.2) is 20.3 Å². The van der Waals surface area contributed by atoms with E-state index in [1.54, 1.807) is 0 Å². The molecular formula is C6H13BO2. The van der Waals surface area contributed by atoms with Crippen molar-refractivity contribution in [2.75, 3.05) is 13.2 Å². The first kappa shape index (κ1) is 7.10. The quantitative estimate of drug-likeness (QED) is 0.495. The highest BCUT2D eigenvalue weighted by Crippen LogP contribution is 2.13. The summed E-state index contributed by atoms with van der Waals surface area (Å²) >= 11 is 0. The lowest BCUT2D eigenvalue weighted by atomic mass is 9.74. The molecule has 0 aromatic heterocycles. The van der Waals surface area contributed by atoms with Gasteiger partial charge in [0, 0.05) is 13.2 Å². The molecule has 52 valence electrons. The minimum atomic E-state index is 0.0544. The molecule has 1 rings (SSSR count). The van der Waals surface area contributed by atoms with Crippen LogP contribution in [0.15, 0.2) is 0 Å². The van der Waals surface area contributed by atoms with Crippen LogP contribution in [0.1, 0.15) is 20.3 Å². The van der Waals surface area contributed by atoms with Gasteiger partial charge in [0.15, 0.2) is 0 Å². The molecule has 0 unspecified atom stereocenters. The van der Waals surface area contributed by atoms with Crippen LogP contribution in [0.25, 0.3) is 0 Å². The number of hydrogen-bond donors (Lipinski definition) is 0. The molecule has 1 aliphatic rings. The number of hydrogen-bond acceptors (Lipinski definition) is 2. The Morgan fingerprint density at radius 1 is 1.22 bits per heavy atom. The van der Waals surface area contributed by atoms with Crippen LogP contribution in [0.4, 0.5) is 0 Å². The monoisotopic (exact) mass is 128 g/mol. The molecule has 1 saturated heterocycles. The first-order valence-corrected chi connectivity index (χ1v) is 3.54. The number of rotatable bonds is 1. The van der Waals surface area contributed by atoms with Gasteiger partial charge in [0.2, 0.25) is 0 Å². The molecule has 3 heteroatoms. The lowest BCUT2D eigenvalue weighted by molar-refractivity contribution is 0.129. The molecule has 0 bridgehead atoms. The van der Waals surface area contributed by atoms with Gasteiger partial charge in [0.1, 0.15) is 0 Å². The van der Waals surface area contributed by atoms with Crippen LogP contribution in [0.5, 0.6) is 0 Å². The third-order valence-electron chi connectivity index (χ3n) is 1.40. The molecule has 0 saturated carbocycles. The molecule has 0 aliphatic carbocycles. The molecule has 0 atom stereocenters. The van der Waals surface area contributed by atoms with Gasteiger partial charge in [0.25, 0.3) is 0 Å². The van der Waals surface area contributed by atoms with Crippen molar-refractivity contribution in [1.82, 2.24) is 0 Å². The normalized spacial score (nSPS) is 21.0. The standard InChI is InChI=1S/C6H13BO2/c1-6(2)7-8-4-3-5-9-7/h6H,3-5H2,1-2H3. The molecule has 0 amide bonds. The largest absolute Gasteiger partial charge is 0.459 e. The zero-order valence-corrected chi connectivity index (χ0v) is 6.09. The zero-order chi connectivity index (χ0) is 6.69. The van der Waals surface area contributed by atoms with E-state index in [9.17, 15) is 0 Å². The summed E-state index contributed by atoms with van der Waals surface area (Å²) in [6, 6.07) is 0. The fourth-order valence-corrected chi connectivity index (χ4v) is 0.891. The maximum atomic E-state index is 5.32. The summed E-state index contributed by atoms with van der Waals surface area (Å²) in [7, 11) is 0.0544. The molecule has 0 aromatic rings. The fourth-order valence-electron chi connectivity index (χ4n) is 0.891. The van der Waals surface area contributed by atoms with Crippen molar-refractivity contribution in [1.29, 1.82) is 0 Å². The second kappa shape index (κ2) is 3.23. The van der Waals surface area contributed by atoms with E-state index in [0.717, 1.165) is 19.6 Å². The Morgan fingerprint density at radius 2 is 1.78 bits per heavy atom. The molecule has 0 aromatic carbocycles. The second-order valence-corrected chi connectivity index (χ2v) is 2.71. The van der Waals surface area contributed by atoms with Gasteiger partial charge in [0.05, 0.1) is 0 Å². The summed E-state index contributed by atoms with van der Waals surface area (Å²) in [6.07, 6.45) is 1.04. The van der Waals surface area contributed by atoms with Crippen molar-refractivity contribution in [2.45, 2.75) is 26.1 Å². The molecule has 0 spiro atoms. The van der Waals surface area contributed by atoms with Crippen molar-refractivity contribution in [3.8, 4) is 0 Å². The Balaban J connectivity index is 2.23. The summed E-state index contributed by atoms with van der Waals surface area (Å²) < 4.78 is 10.6. The molecule has 1 heterocycles. The van der Waals surface area contributed by atoms with Gasteiger partial charge in [-0.25, -0.2) is 0 Å². The van der Waals surface area contributed by atoms with Crippen molar-refractivity contribution >= 4 is 7.12 Å². The van der Waals surface area contributed by atoms with Crippen LogP contribution in [0, 0.1) is 0 Å². The third-order valence-corrected chi connectivity index (χ3v) is 1.40. The van der Waals surface area contributed by atoms with Gasteiger partial charge in [-0.3, -0.25) is 0 Å². The molecule has 9 heavy (non-hydrogen) atoms. The van der Waals surface area contributed by atoms with E-state index in [4.69, 9.17) is 9.31 Å². The van der Waals surface area contributed by atoms with Gasteiger partial charge in [-0.05, 0) is 12.2 Å². The van der Waals surface area contributed by atoms with Gasteiger partial charge < -0.3 is 9.31 Å². The zero-order valence-electron chi connectivity index (χ0n) is 6.09. The topological polar surface area (TPSA) is 18.5 Å². The van der Waals surface area contributed by atoms with Gasteiger partial charge in [-0.15, -0.1) is 0 Å². The van der Waals surface area contributed by atoms with Crippen LogP contribution in [0.3, 0.4) is 0 Å².